The minimum absolute atomic E-state index is 0.280. The lowest BCUT2D eigenvalue weighted by molar-refractivity contribution is -0.131. The quantitative estimate of drug-likeness (QED) is 0.860. The van der Waals surface area contributed by atoms with Crippen LogP contribution in [0.5, 0.6) is 0 Å². The van der Waals surface area contributed by atoms with Crippen molar-refractivity contribution in [2.75, 3.05) is 25.2 Å². The molecule has 0 amide bonds. The van der Waals surface area contributed by atoms with Crippen LogP contribution in [0.1, 0.15) is 18.4 Å². The maximum Gasteiger partial charge on any atom is 0.328 e. The number of halogens is 1. The van der Waals surface area contributed by atoms with E-state index in [1.54, 1.807) is 12.1 Å². The predicted molar refractivity (Wildman–Crippen MR) is 75.3 cm³/mol. The normalized spacial score (nSPS) is 16.5. The summed E-state index contributed by atoms with van der Waals surface area (Å²) in [6.45, 7) is 1.40. The molecule has 0 unspecified atom stereocenters. The number of hydrogen-bond donors (Lipinski definition) is 1. The van der Waals surface area contributed by atoms with E-state index in [-0.39, 0.29) is 6.04 Å². The van der Waals surface area contributed by atoms with Gasteiger partial charge in [-0.25, -0.2) is 9.18 Å². The standard InChI is InChI=1S/C15H18FNO3/c1-17(11-7-9-20-10-8-11)14-4-2-3-13(16)12(14)5-6-15(18)19/h2-6,11H,7-10H2,1H3,(H,18,19)/b6-5+. The minimum atomic E-state index is -1.09. The fourth-order valence-corrected chi connectivity index (χ4v) is 2.42. The summed E-state index contributed by atoms with van der Waals surface area (Å²) in [6.07, 6.45) is 4.03. The molecule has 0 bridgehead atoms. The van der Waals surface area contributed by atoms with Gasteiger partial charge in [0.15, 0.2) is 0 Å². The summed E-state index contributed by atoms with van der Waals surface area (Å²) in [7, 11) is 1.91. The van der Waals surface area contributed by atoms with Crippen LogP contribution in [0.4, 0.5) is 10.1 Å². The molecule has 0 aromatic heterocycles. The molecule has 2 rings (SSSR count). The third-order valence-corrected chi connectivity index (χ3v) is 3.54. The molecule has 20 heavy (non-hydrogen) atoms. The molecule has 0 radical (unpaired) electrons. The Kier molecular flexibility index (Phi) is 4.74. The van der Waals surface area contributed by atoms with Crippen LogP contribution in [0.25, 0.3) is 6.08 Å². The Bertz CT molecular complexity index is 510. The molecule has 0 spiro atoms. The van der Waals surface area contributed by atoms with E-state index in [9.17, 15) is 9.18 Å². The van der Waals surface area contributed by atoms with E-state index in [0.717, 1.165) is 18.9 Å². The van der Waals surface area contributed by atoms with Crippen molar-refractivity contribution in [3.8, 4) is 0 Å². The van der Waals surface area contributed by atoms with Gasteiger partial charge >= 0.3 is 5.97 Å². The zero-order valence-corrected chi connectivity index (χ0v) is 11.4. The maximum atomic E-state index is 13.9. The monoisotopic (exact) mass is 279 g/mol. The van der Waals surface area contributed by atoms with Crippen LogP contribution in [-0.4, -0.2) is 37.4 Å². The first-order valence-corrected chi connectivity index (χ1v) is 6.59. The Balaban J connectivity index is 2.29. The zero-order valence-electron chi connectivity index (χ0n) is 11.4. The van der Waals surface area contributed by atoms with Crippen molar-refractivity contribution in [1.82, 2.24) is 0 Å². The molecular formula is C15H18FNO3. The van der Waals surface area contributed by atoms with Crippen LogP contribution in [0.15, 0.2) is 24.3 Å². The molecule has 1 saturated heterocycles. The first-order valence-electron chi connectivity index (χ1n) is 6.59. The highest BCUT2D eigenvalue weighted by molar-refractivity contribution is 5.87. The van der Waals surface area contributed by atoms with E-state index < -0.39 is 11.8 Å². The lowest BCUT2D eigenvalue weighted by Gasteiger charge is -2.33. The lowest BCUT2D eigenvalue weighted by atomic mass is 10.0. The fraction of sp³-hybridized carbons (Fsp3) is 0.400. The van der Waals surface area contributed by atoms with Gasteiger partial charge in [-0.1, -0.05) is 6.07 Å². The minimum Gasteiger partial charge on any atom is -0.478 e. The Morgan fingerprint density at radius 1 is 1.45 bits per heavy atom. The van der Waals surface area contributed by atoms with Crippen LogP contribution in [0.3, 0.4) is 0 Å². The van der Waals surface area contributed by atoms with E-state index in [1.165, 1.54) is 12.1 Å². The summed E-state index contributed by atoms with van der Waals surface area (Å²) < 4.78 is 19.3. The van der Waals surface area contributed by atoms with Gasteiger partial charge in [0.1, 0.15) is 5.82 Å². The molecule has 0 atom stereocenters. The Morgan fingerprint density at radius 3 is 2.80 bits per heavy atom. The summed E-state index contributed by atoms with van der Waals surface area (Å²) >= 11 is 0. The molecule has 1 aliphatic heterocycles. The number of rotatable bonds is 4. The van der Waals surface area contributed by atoms with Crippen molar-refractivity contribution in [1.29, 1.82) is 0 Å². The average molecular weight is 279 g/mol. The topological polar surface area (TPSA) is 49.8 Å². The Morgan fingerprint density at radius 2 is 2.15 bits per heavy atom. The molecule has 1 aliphatic rings. The van der Waals surface area contributed by atoms with Gasteiger partial charge in [-0.3, -0.25) is 0 Å². The van der Waals surface area contributed by atoms with Crippen LogP contribution in [0, 0.1) is 5.82 Å². The smallest absolute Gasteiger partial charge is 0.328 e. The summed E-state index contributed by atoms with van der Waals surface area (Å²) in [5.41, 5.74) is 1.01. The number of carbonyl (C=O) groups is 1. The largest absolute Gasteiger partial charge is 0.478 e. The number of anilines is 1. The predicted octanol–water partition coefficient (Wildman–Crippen LogP) is 2.54. The van der Waals surface area contributed by atoms with Crippen LogP contribution < -0.4 is 4.90 Å². The van der Waals surface area contributed by atoms with Crippen molar-refractivity contribution in [3.05, 3.63) is 35.7 Å². The first kappa shape index (κ1) is 14.5. The third-order valence-electron chi connectivity index (χ3n) is 3.54. The number of benzene rings is 1. The molecule has 4 nitrogen and oxygen atoms in total. The molecule has 0 saturated carbocycles. The summed E-state index contributed by atoms with van der Waals surface area (Å²) in [5.74, 6) is -1.51. The van der Waals surface area contributed by atoms with Crippen LogP contribution in [0.2, 0.25) is 0 Å². The van der Waals surface area contributed by atoms with E-state index in [4.69, 9.17) is 9.84 Å². The number of carboxylic acid groups (broad SMARTS) is 1. The van der Waals surface area contributed by atoms with Gasteiger partial charge in [-0.05, 0) is 31.1 Å². The number of aliphatic carboxylic acids is 1. The van der Waals surface area contributed by atoms with Gasteiger partial charge in [-0.15, -0.1) is 0 Å². The second-order valence-electron chi connectivity index (χ2n) is 4.80. The van der Waals surface area contributed by atoms with Crippen molar-refractivity contribution in [2.24, 2.45) is 0 Å². The summed E-state index contributed by atoms with van der Waals surface area (Å²) in [5, 5.41) is 8.70. The average Bonchev–Trinajstić information content (AvgIpc) is 2.45. The molecule has 1 heterocycles. The highest BCUT2D eigenvalue weighted by Crippen LogP contribution is 2.27. The second kappa shape index (κ2) is 6.52. The SMILES string of the molecule is CN(c1cccc(F)c1/C=C/C(=O)O)C1CCOCC1. The second-order valence-corrected chi connectivity index (χ2v) is 4.80. The molecule has 108 valence electrons. The number of carboxylic acids is 1. The van der Waals surface area contributed by atoms with Gasteiger partial charge in [-0.2, -0.15) is 0 Å². The zero-order chi connectivity index (χ0) is 14.5. The van der Waals surface area contributed by atoms with Gasteiger partial charge < -0.3 is 14.7 Å². The first-order chi connectivity index (χ1) is 9.59. The molecule has 0 aliphatic carbocycles. The van der Waals surface area contributed by atoms with E-state index >= 15 is 0 Å². The number of hydrogen-bond acceptors (Lipinski definition) is 3. The highest BCUT2D eigenvalue weighted by Gasteiger charge is 2.21. The molecule has 5 heteroatoms. The van der Waals surface area contributed by atoms with Crippen LogP contribution in [-0.2, 0) is 9.53 Å². The molecule has 1 N–H and O–H groups in total. The van der Waals surface area contributed by atoms with Gasteiger partial charge in [0.25, 0.3) is 0 Å². The van der Waals surface area contributed by atoms with Crippen molar-refractivity contribution in [2.45, 2.75) is 18.9 Å². The third kappa shape index (κ3) is 3.36. The Hall–Kier alpha value is -1.88. The van der Waals surface area contributed by atoms with Gasteiger partial charge in [0, 0.05) is 43.6 Å². The van der Waals surface area contributed by atoms with E-state index in [0.29, 0.717) is 24.5 Å². The van der Waals surface area contributed by atoms with Gasteiger partial charge in [0.2, 0.25) is 0 Å². The lowest BCUT2D eigenvalue weighted by Crippen LogP contribution is -2.37. The van der Waals surface area contributed by atoms with Crippen molar-refractivity contribution >= 4 is 17.7 Å². The maximum absolute atomic E-state index is 13.9. The highest BCUT2D eigenvalue weighted by atomic mass is 19.1. The van der Waals surface area contributed by atoms with Gasteiger partial charge in [0.05, 0.1) is 0 Å². The molecule has 1 aromatic rings. The fourth-order valence-electron chi connectivity index (χ4n) is 2.42. The summed E-state index contributed by atoms with van der Waals surface area (Å²) in [6, 6.07) is 5.06. The number of ether oxygens (including phenoxy) is 1. The molecule has 1 fully saturated rings. The Labute approximate surface area is 117 Å². The van der Waals surface area contributed by atoms with E-state index in [1.807, 2.05) is 11.9 Å². The number of nitrogens with zero attached hydrogens (tertiary/aromatic N) is 1. The summed E-state index contributed by atoms with van der Waals surface area (Å²) in [4.78, 5) is 12.6. The van der Waals surface area contributed by atoms with Crippen LogP contribution >= 0.6 is 0 Å². The van der Waals surface area contributed by atoms with Crippen molar-refractivity contribution < 1.29 is 19.0 Å². The molecule has 1 aromatic carbocycles. The van der Waals surface area contributed by atoms with Crippen molar-refractivity contribution in [3.63, 3.8) is 0 Å². The van der Waals surface area contributed by atoms with E-state index in [2.05, 4.69) is 0 Å². The molecular weight excluding hydrogens is 261 g/mol.